The van der Waals surface area contributed by atoms with Crippen LogP contribution in [-0.4, -0.2) is 5.97 Å². The van der Waals surface area contributed by atoms with E-state index in [0.717, 1.165) is 37.0 Å². The summed E-state index contributed by atoms with van der Waals surface area (Å²) >= 11 is 0. The molecule has 4 aromatic carbocycles. The monoisotopic (exact) mass is 728 g/mol. The molecule has 0 N–H and O–H groups in total. The number of halogens is 11. The molecule has 1 atom stereocenters. The smallest absolute Gasteiger partial charge is 0.416 e. The van der Waals surface area contributed by atoms with Gasteiger partial charge in [0.2, 0.25) is 0 Å². The molecule has 0 amide bonds. The second-order valence-electron chi connectivity index (χ2n) is 12.0. The second kappa shape index (κ2) is 14.9. The Kier molecular flexibility index (Phi) is 11.4. The van der Waals surface area contributed by atoms with Crippen molar-refractivity contribution in [2.24, 2.45) is 0 Å². The molecule has 2 nitrogen and oxygen atoms in total. The molecule has 0 aliphatic rings. The second-order valence-corrected chi connectivity index (χ2v) is 12.0. The molecule has 1 unspecified atom stereocenters. The van der Waals surface area contributed by atoms with Crippen LogP contribution in [0.25, 0.3) is 11.1 Å². The van der Waals surface area contributed by atoms with Crippen molar-refractivity contribution in [1.82, 2.24) is 0 Å². The van der Waals surface area contributed by atoms with Crippen molar-refractivity contribution in [2.75, 3.05) is 0 Å². The van der Waals surface area contributed by atoms with Crippen LogP contribution in [0.3, 0.4) is 0 Å². The molecule has 0 aromatic heterocycles. The van der Waals surface area contributed by atoms with Gasteiger partial charge in [0, 0.05) is 23.6 Å². The Balaban J connectivity index is 1.83. The van der Waals surface area contributed by atoms with E-state index in [-0.39, 0.29) is 35.4 Å². The van der Waals surface area contributed by atoms with Gasteiger partial charge in [-0.3, -0.25) is 0 Å². The van der Waals surface area contributed by atoms with Crippen LogP contribution in [-0.2, 0) is 35.4 Å². The van der Waals surface area contributed by atoms with Crippen molar-refractivity contribution in [3.8, 4) is 11.1 Å². The molecule has 0 fully saturated rings. The molecule has 0 heterocycles. The highest BCUT2D eigenvalue weighted by Crippen LogP contribution is 2.42. The Labute approximate surface area is 286 Å². The molecule has 0 spiro atoms. The van der Waals surface area contributed by atoms with Crippen LogP contribution in [0, 0.1) is 5.82 Å². The summed E-state index contributed by atoms with van der Waals surface area (Å²) in [5, 5.41) is 0. The van der Waals surface area contributed by atoms with Gasteiger partial charge in [-0.05, 0) is 95.8 Å². The van der Waals surface area contributed by atoms with E-state index in [2.05, 4.69) is 6.58 Å². The Morgan fingerprint density at radius 3 is 1.75 bits per heavy atom. The lowest BCUT2D eigenvalue weighted by Gasteiger charge is -2.25. The largest absolute Gasteiger partial charge is 0.449 e. The van der Waals surface area contributed by atoms with Crippen LogP contribution in [0.5, 0.6) is 0 Å². The molecule has 4 aromatic rings. The van der Waals surface area contributed by atoms with Crippen LogP contribution >= 0.6 is 0 Å². The minimum atomic E-state index is -5.36. The number of hydrogen-bond acceptors (Lipinski definition) is 2. The van der Waals surface area contributed by atoms with Gasteiger partial charge in [-0.25, -0.2) is 18.0 Å². The van der Waals surface area contributed by atoms with E-state index >= 15 is 0 Å². The molecule has 51 heavy (non-hydrogen) atoms. The predicted octanol–water partition coefficient (Wildman–Crippen LogP) is 12.6. The van der Waals surface area contributed by atoms with Crippen molar-refractivity contribution >= 4 is 5.97 Å². The normalized spacial score (nSPS) is 13.2. The maximum absolute atomic E-state index is 15.0. The molecule has 0 saturated heterocycles. The maximum atomic E-state index is 15.0. The van der Waals surface area contributed by atoms with Crippen LogP contribution in [0.2, 0.25) is 0 Å². The predicted molar refractivity (Wildman–Crippen MR) is 169 cm³/mol. The lowest BCUT2D eigenvalue weighted by molar-refractivity contribution is -0.143. The van der Waals surface area contributed by atoms with Gasteiger partial charge in [0.05, 0.1) is 16.7 Å². The SMILES string of the molecule is C=CC(F)(F)c1cc(C(OC(=O)c2ccc(-c3ccc(CCCCC)cc3F)cc2)c2cc(C(F)(F)F)cc(C(F)(F)F)c2)cc(C(C)(F)F)c1. The first-order valence-electron chi connectivity index (χ1n) is 15.6. The highest BCUT2D eigenvalue weighted by Gasteiger charge is 2.39. The molecule has 272 valence electrons. The standard InChI is InChI=1S/C38H31F11O2/c1-4-6-7-8-22-9-14-31(32(39)15-22)23-10-12-24(13-11-23)34(50)51-33(26-18-29(37(44,45)46)21-30(19-26)38(47,48)49)25-16-27(35(3,40)41)20-28(17-25)36(42,43)5-2/h5,9-21,33H,2,4,6-8H2,1,3H3. The van der Waals surface area contributed by atoms with E-state index in [1.807, 2.05) is 6.92 Å². The van der Waals surface area contributed by atoms with Gasteiger partial charge in [-0.15, -0.1) is 0 Å². The molecule has 0 saturated carbocycles. The van der Waals surface area contributed by atoms with Gasteiger partial charge < -0.3 is 4.74 Å². The topological polar surface area (TPSA) is 26.3 Å². The van der Waals surface area contributed by atoms with E-state index < -0.39 is 75.5 Å². The summed E-state index contributed by atoms with van der Waals surface area (Å²) in [4.78, 5) is 13.4. The first kappa shape index (κ1) is 39.1. The fourth-order valence-corrected chi connectivity index (χ4v) is 5.31. The first-order chi connectivity index (χ1) is 23.6. The number of benzene rings is 4. The number of ether oxygens (including phenoxy) is 1. The third-order valence-electron chi connectivity index (χ3n) is 8.08. The number of unbranched alkanes of at least 4 members (excludes halogenated alkanes) is 2. The molecular formula is C38H31F11O2. The highest BCUT2D eigenvalue weighted by atomic mass is 19.4. The van der Waals surface area contributed by atoms with Crippen molar-refractivity contribution in [3.63, 3.8) is 0 Å². The summed E-state index contributed by atoms with van der Waals surface area (Å²) in [7, 11) is 0. The van der Waals surface area contributed by atoms with Gasteiger partial charge in [-0.1, -0.05) is 50.6 Å². The number of alkyl halides is 10. The minimum absolute atomic E-state index is 0.0984. The fraction of sp³-hybridized carbons (Fsp3) is 0.289. The van der Waals surface area contributed by atoms with Gasteiger partial charge in [0.1, 0.15) is 5.82 Å². The van der Waals surface area contributed by atoms with E-state index in [4.69, 9.17) is 4.74 Å². The lowest BCUT2D eigenvalue weighted by Crippen LogP contribution is -2.19. The fourth-order valence-electron chi connectivity index (χ4n) is 5.31. The number of rotatable bonds is 12. The molecule has 4 rings (SSSR count). The molecule has 0 aliphatic heterocycles. The quantitative estimate of drug-likeness (QED) is 0.0628. The van der Waals surface area contributed by atoms with Crippen molar-refractivity contribution in [3.05, 3.63) is 142 Å². The lowest BCUT2D eigenvalue weighted by atomic mass is 9.91. The molecule has 0 aliphatic carbocycles. The number of aryl methyl sites for hydroxylation is 1. The van der Waals surface area contributed by atoms with Gasteiger partial charge in [0.25, 0.3) is 11.8 Å². The Morgan fingerprint density at radius 2 is 1.25 bits per heavy atom. The molecule has 0 radical (unpaired) electrons. The number of esters is 1. The van der Waals surface area contributed by atoms with Crippen molar-refractivity contribution in [1.29, 1.82) is 0 Å². The first-order valence-corrected chi connectivity index (χ1v) is 15.6. The van der Waals surface area contributed by atoms with Crippen molar-refractivity contribution in [2.45, 2.75) is 69.8 Å². The number of allylic oxidation sites excluding steroid dienone is 1. The third-order valence-corrected chi connectivity index (χ3v) is 8.08. The zero-order chi connectivity index (χ0) is 37.9. The van der Waals surface area contributed by atoms with Gasteiger partial charge in [-0.2, -0.15) is 35.1 Å². The Bertz CT molecular complexity index is 1840. The number of carbonyl (C=O) groups excluding carboxylic acids is 1. The zero-order valence-corrected chi connectivity index (χ0v) is 27.2. The average molecular weight is 729 g/mol. The third kappa shape index (κ3) is 9.56. The highest BCUT2D eigenvalue weighted by molar-refractivity contribution is 5.90. The molecule has 13 heteroatoms. The van der Waals surface area contributed by atoms with Gasteiger partial charge in [0.15, 0.2) is 6.10 Å². The summed E-state index contributed by atoms with van der Waals surface area (Å²) in [5.74, 6) is -9.74. The molecular weight excluding hydrogens is 697 g/mol. The number of carbonyl (C=O) groups is 1. The van der Waals surface area contributed by atoms with Crippen LogP contribution in [0.1, 0.15) is 88.5 Å². The van der Waals surface area contributed by atoms with E-state index in [1.165, 1.54) is 18.2 Å². The maximum Gasteiger partial charge on any atom is 0.416 e. The number of hydrogen-bond donors (Lipinski definition) is 0. The average Bonchev–Trinajstić information content (AvgIpc) is 3.05. The summed E-state index contributed by atoms with van der Waals surface area (Å²) in [6, 6.07) is 11.2. The molecule has 0 bridgehead atoms. The Hall–Kier alpha value is -4.68. The summed E-state index contributed by atoms with van der Waals surface area (Å²) in [6.07, 6.45) is -9.46. The van der Waals surface area contributed by atoms with E-state index in [0.29, 0.717) is 37.1 Å². The zero-order valence-electron chi connectivity index (χ0n) is 27.2. The van der Waals surface area contributed by atoms with Gasteiger partial charge >= 0.3 is 18.3 Å². The van der Waals surface area contributed by atoms with E-state index in [9.17, 15) is 53.1 Å². The van der Waals surface area contributed by atoms with Crippen molar-refractivity contribution < 1.29 is 57.8 Å². The summed E-state index contributed by atoms with van der Waals surface area (Å²) < 4.78 is 162. The van der Waals surface area contributed by atoms with Crippen LogP contribution < -0.4 is 0 Å². The van der Waals surface area contributed by atoms with E-state index in [1.54, 1.807) is 12.1 Å². The minimum Gasteiger partial charge on any atom is -0.449 e. The summed E-state index contributed by atoms with van der Waals surface area (Å²) in [6.45, 7) is 5.32. The Morgan fingerprint density at radius 1 is 0.725 bits per heavy atom. The van der Waals surface area contributed by atoms with Crippen LogP contribution in [0.4, 0.5) is 48.3 Å². The van der Waals surface area contributed by atoms with Crippen LogP contribution in [0.15, 0.2) is 91.5 Å². The summed E-state index contributed by atoms with van der Waals surface area (Å²) in [5.41, 5.74) is -6.73.